The van der Waals surface area contributed by atoms with Crippen LogP contribution in [0.3, 0.4) is 0 Å². The van der Waals surface area contributed by atoms with Crippen molar-refractivity contribution in [2.75, 3.05) is 6.54 Å². The Morgan fingerprint density at radius 1 is 1.44 bits per heavy atom. The molecule has 1 rings (SSSR count). The molecule has 0 saturated heterocycles. The quantitative estimate of drug-likeness (QED) is 0.909. The standard InChI is InChI=1S/C10H13ClFNO2S/c1-3-4-13-16(14,15)10-5-7(2)9(12)6-8(10)11/h5-6,13H,3-4H2,1-2H3. The Balaban J connectivity index is 3.18. The molecule has 1 N–H and O–H groups in total. The fourth-order valence-corrected chi connectivity index (χ4v) is 2.88. The third-order valence-electron chi connectivity index (χ3n) is 2.04. The van der Waals surface area contributed by atoms with E-state index in [9.17, 15) is 12.8 Å². The van der Waals surface area contributed by atoms with Crippen LogP contribution >= 0.6 is 11.6 Å². The number of benzene rings is 1. The summed E-state index contributed by atoms with van der Waals surface area (Å²) in [6, 6.07) is 2.24. The maximum Gasteiger partial charge on any atom is 0.242 e. The number of nitrogens with one attached hydrogen (secondary N) is 1. The Bertz CT molecular complexity index is 488. The van der Waals surface area contributed by atoms with Gasteiger partial charge in [0.2, 0.25) is 10.0 Å². The van der Waals surface area contributed by atoms with Crippen molar-refractivity contribution in [3.63, 3.8) is 0 Å². The minimum absolute atomic E-state index is 0.0819. The Labute approximate surface area is 99.7 Å². The van der Waals surface area contributed by atoms with E-state index in [1.807, 2.05) is 6.92 Å². The van der Waals surface area contributed by atoms with Gasteiger partial charge in [0.05, 0.1) is 5.02 Å². The lowest BCUT2D eigenvalue weighted by Crippen LogP contribution is -2.24. The average molecular weight is 266 g/mol. The van der Waals surface area contributed by atoms with Crippen molar-refractivity contribution in [3.05, 3.63) is 28.5 Å². The lowest BCUT2D eigenvalue weighted by molar-refractivity contribution is 0.579. The van der Waals surface area contributed by atoms with Crippen LogP contribution in [0.5, 0.6) is 0 Å². The van der Waals surface area contributed by atoms with E-state index >= 15 is 0 Å². The van der Waals surface area contributed by atoms with Crippen molar-refractivity contribution in [1.82, 2.24) is 4.72 Å². The minimum Gasteiger partial charge on any atom is -0.211 e. The highest BCUT2D eigenvalue weighted by Crippen LogP contribution is 2.24. The van der Waals surface area contributed by atoms with E-state index < -0.39 is 15.8 Å². The van der Waals surface area contributed by atoms with Gasteiger partial charge >= 0.3 is 0 Å². The number of halogens is 2. The van der Waals surface area contributed by atoms with Gasteiger partial charge in [0.15, 0.2) is 0 Å². The third-order valence-corrected chi connectivity index (χ3v) is 3.97. The molecule has 0 atom stereocenters. The molecule has 0 unspecified atom stereocenters. The predicted octanol–water partition coefficient (Wildman–Crippen LogP) is 2.48. The van der Waals surface area contributed by atoms with E-state index in [2.05, 4.69) is 4.72 Å². The number of sulfonamides is 1. The fourth-order valence-electron chi connectivity index (χ4n) is 1.15. The second-order valence-corrected chi connectivity index (χ2v) is 5.57. The van der Waals surface area contributed by atoms with Crippen LogP contribution in [0, 0.1) is 12.7 Å². The molecule has 16 heavy (non-hydrogen) atoms. The molecule has 0 heterocycles. The average Bonchev–Trinajstić information content (AvgIpc) is 2.20. The molecule has 0 aliphatic carbocycles. The summed E-state index contributed by atoms with van der Waals surface area (Å²) in [5, 5.41) is -0.105. The van der Waals surface area contributed by atoms with Crippen molar-refractivity contribution in [2.45, 2.75) is 25.2 Å². The zero-order valence-corrected chi connectivity index (χ0v) is 10.6. The first kappa shape index (κ1) is 13.4. The second kappa shape index (κ2) is 5.12. The number of hydrogen-bond donors (Lipinski definition) is 1. The number of rotatable bonds is 4. The SMILES string of the molecule is CCCNS(=O)(=O)c1cc(C)c(F)cc1Cl. The van der Waals surface area contributed by atoms with Gasteiger partial charge in [-0.15, -0.1) is 0 Å². The first-order valence-electron chi connectivity index (χ1n) is 4.83. The molecule has 0 saturated carbocycles. The number of aryl methyl sites for hydroxylation is 1. The maximum atomic E-state index is 13.1. The summed E-state index contributed by atoms with van der Waals surface area (Å²) in [4.78, 5) is -0.0819. The van der Waals surface area contributed by atoms with E-state index in [4.69, 9.17) is 11.6 Å². The summed E-state index contributed by atoms with van der Waals surface area (Å²) in [5.41, 5.74) is 0.251. The van der Waals surface area contributed by atoms with Gasteiger partial charge < -0.3 is 0 Å². The van der Waals surface area contributed by atoms with Crippen LogP contribution in [0.2, 0.25) is 5.02 Å². The summed E-state index contributed by atoms with van der Waals surface area (Å²) >= 11 is 5.71. The van der Waals surface area contributed by atoms with Crippen molar-refractivity contribution in [3.8, 4) is 0 Å². The van der Waals surface area contributed by atoms with Gasteiger partial charge in [0, 0.05) is 6.54 Å². The summed E-state index contributed by atoms with van der Waals surface area (Å²) in [6.07, 6.45) is 0.678. The summed E-state index contributed by atoms with van der Waals surface area (Å²) in [6.45, 7) is 3.67. The highest BCUT2D eigenvalue weighted by molar-refractivity contribution is 7.89. The van der Waals surface area contributed by atoms with Gasteiger partial charge in [-0.25, -0.2) is 17.5 Å². The molecule has 0 aliphatic heterocycles. The molecular formula is C10H13ClFNO2S. The van der Waals surface area contributed by atoms with Gasteiger partial charge in [0.1, 0.15) is 10.7 Å². The van der Waals surface area contributed by atoms with Crippen LogP contribution in [-0.4, -0.2) is 15.0 Å². The molecule has 0 radical (unpaired) electrons. The number of hydrogen-bond acceptors (Lipinski definition) is 2. The lowest BCUT2D eigenvalue weighted by atomic mass is 10.2. The van der Waals surface area contributed by atoms with Gasteiger partial charge in [-0.05, 0) is 31.0 Å². The molecule has 6 heteroatoms. The molecule has 0 spiro atoms. The largest absolute Gasteiger partial charge is 0.242 e. The smallest absolute Gasteiger partial charge is 0.211 e. The molecule has 1 aromatic rings. The van der Waals surface area contributed by atoms with E-state index in [-0.39, 0.29) is 15.5 Å². The summed E-state index contributed by atoms with van der Waals surface area (Å²) in [5.74, 6) is -0.514. The van der Waals surface area contributed by atoms with Crippen LogP contribution in [0.1, 0.15) is 18.9 Å². The van der Waals surface area contributed by atoms with Gasteiger partial charge in [-0.1, -0.05) is 18.5 Å². The summed E-state index contributed by atoms with van der Waals surface area (Å²) in [7, 11) is -3.64. The van der Waals surface area contributed by atoms with Crippen LogP contribution < -0.4 is 4.72 Å². The first-order valence-corrected chi connectivity index (χ1v) is 6.70. The highest BCUT2D eigenvalue weighted by atomic mass is 35.5. The molecule has 0 aromatic heterocycles. The maximum absolute atomic E-state index is 13.1. The van der Waals surface area contributed by atoms with Crippen LogP contribution in [0.15, 0.2) is 17.0 Å². The molecule has 0 bridgehead atoms. The van der Waals surface area contributed by atoms with Gasteiger partial charge in [0.25, 0.3) is 0 Å². The van der Waals surface area contributed by atoms with E-state index in [1.54, 1.807) is 0 Å². The topological polar surface area (TPSA) is 46.2 Å². The molecular weight excluding hydrogens is 253 g/mol. The fraction of sp³-hybridized carbons (Fsp3) is 0.400. The molecule has 3 nitrogen and oxygen atoms in total. The second-order valence-electron chi connectivity index (χ2n) is 3.43. The zero-order valence-electron chi connectivity index (χ0n) is 9.05. The Hall–Kier alpha value is -0.650. The highest BCUT2D eigenvalue weighted by Gasteiger charge is 2.18. The molecule has 1 aromatic carbocycles. The van der Waals surface area contributed by atoms with Gasteiger partial charge in [-0.2, -0.15) is 0 Å². The third kappa shape index (κ3) is 2.93. The molecule has 0 aliphatic rings. The lowest BCUT2D eigenvalue weighted by Gasteiger charge is -2.08. The Kier molecular flexibility index (Phi) is 4.29. The van der Waals surface area contributed by atoms with E-state index in [1.165, 1.54) is 13.0 Å². The van der Waals surface area contributed by atoms with E-state index in [0.29, 0.717) is 13.0 Å². The predicted molar refractivity (Wildman–Crippen MR) is 61.6 cm³/mol. The molecule has 0 amide bonds. The van der Waals surface area contributed by atoms with Crippen molar-refractivity contribution < 1.29 is 12.8 Å². The van der Waals surface area contributed by atoms with Gasteiger partial charge in [-0.3, -0.25) is 0 Å². The monoisotopic (exact) mass is 265 g/mol. The normalized spacial score (nSPS) is 11.8. The van der Waals surface area contributed by atoms with Crippen LogP contribution in [0.25, 0.3) is 0 Å². The van der Waals surface area contributed by atoms with Crippen molar-refractivity contribution in [1.29, 1.82) is 0 Å². The molecule has 0 fully saturated rings. The Morgan fingerprint density at radius 3 is 2.62 bits per heavy atom. The molecule has 90 valence electrons. The zero-order chi connectivity index (χ0) is 12.3. The van der Waals surface area contributed by atoms with Crippen molar-refractivity contribution >= 4 is 21.6 Å². The minimum atomic E-state index is -3.64. The van der Waals surface area contributed by atoms with Crippen molar-refractivity contribution in [2.24, 2.45) is 0 Å². The van der Waals surface area contributed by atoms with Crippen LogP contribution in [-0.2, 0) is 10.0 Å². The summed E-state index contributed by atoms with van der Waals surface area (Å²) < 4.78 is 39.0. The van der Waals surface area contributed by atoms with E-state index in [0.717, 1.165) is 6.07 Å². The van der Waals surface area contributed by atoms with Crippen LogP contribution in [0.4, 0.5) is 4.39 Å². The Morgan fingerprint density at radius 2 is 2.06 bits per heavy atom. The first-order chi connectivity index (χ1) is 7.38.